The molecule has 1 fully saturated rings. The van der Waals surface area contributed by atoms with E-state index in [-0.39, 0.29) is 0 Å². The Balaban J connectivity index is 2.02. The summed E-state index contributed by atoms with van der Waals surface area (Å²) in [7, 11) is 4.88. The summed E-state index contributed by atoms with van der Waals surface area (Å²) in [5.74, 6) is 2.84. The summed E-state index contributed by atoms with van der Waals surface area (Å²) in [6.07, 6.45) is 0. The normalized spacial score (nSPS) is 15.3. The summed E-state index contributed by atoms with van der Waals surface area (Å²) in [6, 6.07) is 3.68. The first-order valence-corrected chi connectivity index (χ1v) is 9.33. The zero-order valence-electron chi connectivity index (χ0n) is 16.8. The molecule has 0 aromatic heterocycles. The molecule has 0 bridgehead atoms. The van der Waals surface area contributed by atoms with Crippen molar-refractivity contribution in [3.63, 3.8) is 0 Å². The second kappa shape index (κ2) is 11.5. The Labute approximate surface area is 161 Å². The number of nitrogens with zero attached hydrogens (tertiary/aromatic N) is 2. The number of hydrogen-bond acceptors (Lipinski definition) is 6. The van der Waals surface area contributed by atoms with Crippen molar-refractivity contribution < 1.29 is 18.9 Å². The van der Waals surface area contributed by atoms with Crippen LogP contribution in [0.3, 0.4) is 0 Å². The lowest BCUT2D eigenvalue weighted by Gasteiger charge is -2.26. The van der Waals surface area contributed by atoms with E-state index in [4.69, 9.17) is 18.9 Å². The molecule has 152 valence electrons. The van der Waals surface area contributed by atoms with Crippen molar-refractivity contribution in [2.75, 3.05) is 67.3 Å². The highest BCUT2D eigenvalue weighted by Crippen LogP contribution is 2.34. The molecular weight excluding hydrogens is 348 g/mol. The predicted octanol–water partition coefficient (Wildman–Crippen LogP) is 1.10. The molecule has 8 nitrogen and oxygen atoms in total. The smallest absolute Gasteiger partial charge is 0.191 e. The fourth-order valence-corrected chi connectivity index (χ4v) is 2.89. The molecule has 2 N–H and O–H groups in total. The number of morpholine rings is 1. The average molecular weight is 380 g/mol. The van der Waals surface area contributed by atoms with Crippen LogP contribution in [0, 0.1) is 0 Å². The van der Waals surface area contributed by atoms with Crippen LogP contribution in [-0.2, 0) is 11.3 Å². The summed E-state index contributed by atoms with van der Waals surface area (Å²) in [4.78, 5) is 7.07. The van der Waals surface area contributed by atoms with Gasteiger partial charge in [0.15, 0.2) is 5.96 Å². The van der Waals surface area contributed by atoms with E-state index in [0.717, 1.165) is 57.5 Å². The number of nitrogens with one attached hydrogen (secondary N) is 2. The molecule has 0 spiro atoms. The van der Waals surface area contributed by atoms with Crippen molar-refractivity contribution in [1.29, 1.82) is 0 Å². The minimum Gasteiger partial charge on any atom is -0.496 e. The number of rotatable bonds is 9. The Hall–Kier alpha value is -2.19. The van der Waals surface area contributed by atoms with Gasteiger partial charge >= 0.3 is 0 Å². The largest absolute Gasteiger partial charge is 0.496 e. The van der Waals surface area contributed by atoms with Crippen LogP contribution in [0.2, 0.25) is 0 Å². The standard InChI is InChI=1S/C19H32N4O4/c1-5-20-19(21-6-7-23-8-10-27-11-9-23)22-14-16-17(25-3)12-15(24-2)13-18(16)26-4/h12-13H,5-11,14H2,1-4H3,(H2,20,21,22). The van der Waals surface area contributed by atoms with E-state index in [9.17, 15) is 0 Å². The maximum absolute atomic E-state index is 5.49. The van der Waals surface area contributed by atoms with Gasteiger partial charge in [0, 0.05) is 44.9 Å². The topological polar surface area (TPSA) is 76.6 Å². The van der Waals surface area contributed by atoms with Gasteiger partial charge < -0.3 is 29.6 Å². The number of methoxy groups -OCH3 is 3. The molecule has 1 aromatic rings. The minimum atomic E-state index is 0.434. The molecule has 0 atom stereocenters. The Morgan fingerprint density at radius 1 is 1.07 bits per heavy atom. The van der Waals surface area contributed by atoms with Gasteiger partial charge in [-0.3, -0.25) is 4.90 Å². The highest BCUT2D eigenvalue weighted by Gasteiger charge is 2.14. The van der Waals surface area contributed by atoms with E-state index in [0.29, 0.717) is 23.8 Å². The third-order valence-electron chi connectivity index (χ3n) is 4.38. The van der Waals surface area contributed by atoms with Crippen LogP contribution < -0.4 is 24.8 Å². The Kier molecular flexibility index (Phi) is 9.00. The predicted molar refractivity (Wildman–Crippen MR) is 106 cm³/mol. The van der Waals surface area contributed by atoms with Crippen LogP contribution in [0.4, 0.5) is 0 Å². The van der Waals surface area contributed by atoms with Gasteiger partial charge in [0.25, 0.3) is 0 Å². The van der Waals surface area contributed by atoms with Gasteiger partial charge in [-0.15, -0.1) is 0 Å². The first-order chi connectivity index (χ1) is 13.2. The fourth-order valence-electron chi connectivity index (χ4n) is 2.89. The Bertz CT molecular complexity index is 578. The summed E-state index contributed by atoms with van der Waals surface area (Å²) in [5.41, 5.74) is 0.881. The molecule has 1 aromatic carbocycles. The van der Waals surface area contributed by atoms with Crippen LogP contribution >= 0.6 is 0 Å². The van der Waals surface area contributed by atoms with Crippen molar-refractivity contribution in [1.82, 2.24) is 15.5 Å². The number of hydrogen-bond donors (Lipinski definition) is 2. The Morgan fingerprint density at radius 3 is 2.30 bits per heavy atom. The molecule has 0 amide bonds. The van der Waals surface area contributed by atoms with Crippen LogP contribution in [0.1, 0.15) is 12.5 Å². The first-order valence-electron chi connectivity index (χ1n) is 9.33. The second-order valence-electron chi connectivity index (χ2n) is 6.09. The molecular formula is C19H32N4O4. The third-order valence-corrected chi connectivity index (χ3v) is 4.38. The van der Waals surface area contributed by atoms with Crippen LogP contribution in [-0.4, -0.2) is 78.1 Å². The Morgan fingerprint density at radius 2 is 1.74 bits per heavy atom. The van der Waals surface area contributed by atoms with Gasteiger partial charge in [-0.2, -0.15) is 0 Å². The highest BCUT2D eigenvalue weighted by molar-refractivity contribution is 5.79. The minimum absolute atomic E-state index is 0.434. The molecule has 2 rings (SSSR count). The fraction of sp³-hybridized carbons (Fsp3) is 0.632. The van der Waals surface area contributed by atoms with Gasteiger partial charge in [-0.25, -0.2) is 4.99 Å². The monoisotopic (exact) mass is 380 g/mol. The maximum atomic E-state index is 5.49. The highest BCUT2D eigenvalue weighted by atomic mass is 16.5. The van der Waals surface area contributed by atoms with Crippen LogP contribution in [0.25, 0.3) is 0 Å². The van der Waals surface area contributed by atoms with Gasteiger partial charge in [0.05, 0.1) is 46.7 Å². The number of benzene rings is 1. The van der Waals surface area contributed by atoms with Crippen molar-refractivity contribution in [3.05, 3.63) is 17.7 Å². The van der Waals surface area contributed by atoms with Crippen molar-refractivity contribution in [3.8, 4) is 17.2 Å². The van der Waals surface area contributed by atoms with Gasteiger partial charge in [-0.05, 0) is 6.92 Å². The lowest BCUT2D eigenvalue weighted by Crippen LogP contribution is -2.44. The maximum Gasteiger partial charge on any atom is 0.191 e. The number of guanidine groups is 1. The van der Waals surface area contributed by atoms with Gasteiger partial charge in [0.2, 0.25) is 0 Å². The first kappa shape index (κ1) is 21.1. The molecule has 1 aliphatic heterocycles. The van der Waals surface area contributed by atoms with E-state index in [2.05, 4.69) is 20.5 Å². The van der Waals surface area contributed by atoms with Crippen molar-refractivity contribution >= 4 is 5.96 Å². The molecule has 8 heteroatoms. The third kappa shape index (κ3) is 6.48. The molecule has 1 aliphatic rings. The molecule has 1 heterocycles. The van der Waals surface area contributed by atoms with Gasteiger partial charge in [-0.1, -0.05) is 0 Å². The summed E-state index contributed by atoms with van der Waals surface area (Å²) < 4.78 is 21.7. The average Bonchev–Trinajstić information content (AvgIpc) is 2.72. The molecule has 0 saturated carbocycles. The molecule has 1 saturated heterocycles. The van der Waals surface area contributed by atoms with Crippen molar-refractivity contribution in [2.24, 2.45) is 4.99 Å². The number of aliphatic imine (C=N–C) groups is 1. The molecule has 27 heavy (non-hydrogen) atoms. The number of ether oxygens (including phenoxy) is 4. The lowest BCUT2D eigenvalue weighted by atomic mass is 10.1. The summed E-state index contributed by atoms with van der Waals surface area (Å²) in [5, 5.41) is 6.66. The van der Waals surface area contributed by atoms with Gasteiger partial charge in [0.1, 0.15) is 17.2 Å². The summed E-state index contributed by atoms with van der Waals surface area (Å²) >= 11 is 0. The van der Waals surface area contributed by atoms with E-state index in [1.165, 1.54) is 0 Å². The van der Waals surface area contributed by atoms with Crippen LogP contribution in [0.5, 0.6) is 17.2 Å². The second-order valence-corrected chi connectivity index (χ2v) is 6.09. The molecule has 0 aliphatic carbocycles. The SMILES string of the molecule is CCNC(=NCc1c(OC)cc(OC)cc1OC)NCCN1CCOCC1. The van der Waals surface area contributed by atoms with Crippen LogP contribution in [0.15, 0.2) is 17.1 Å². The van der Waals surface area contributed by atoms with E-state index >= 15 is 0 Å². The summed E-state index contributed by atoms with van der Waals surface area (Å²) in [6.45, 7) is 8.64. The van der Waals surface area contributed by atoms with E-state index in [1.54, 1.807) is 21.3 Å². The zero-order chi connectivity index (χ0) is 19.5. The molecule has 0 unspecified atom stereocenters. The lowest BCUT2D eigenvalue weighted by molar-refractivity contribution is 0.0389. The van der Waals surface area contributed by atoms with E-state index < -0.39 is 0 Å². The molecule has 0 radical (unpaired) electrons. The van der Waals surface area contributed by atoms with Crippen molar-refractivity contribution in [2.45, 2.75) is 13.5 Å². The quantitative estimate of drug-likeness (QED) is 0.491. The zero-order valence-corrected chi connectivity index (χ0v) is 16.8. The van der Waals surface area contributed by atoms with E-state index in [1.807, 2.05) is 19.1 Å².